The van der Waals surface area contributed by atoms with Crippen LogP contribution < -0.4 is 10.6 Å². The van der Waals surface area contributed by atoms with Gasteiger partial charge in [0.05, 0.1) is 18.6 Å². The van der Waals surface area contributed by atoms with Crippen molar-refractivity contribution in [1.82, 2.24) is 15.5 Å². The molecule has 0 unspecified atom stereocenters. The van der Waals surface area contributed by atoms with Crippen LogP contribution in [0.1, 0.15) is 32.1 Å². The third-order valence-electron chi connectivity index (χ3n) is 4.89. The van der Waals surface area contributed by atoms with E-state index in [0.717, 1.165) is 44.8 Å². The number of carbonyl (C=O) groups is 1. The first-order valence-corrected chi connectivity index (χ1v) is 9.06. The molecule has 7 nitrogen and oxygen atoms in total. The molecular weight excluding hydrogens is 318 g/mol. The molecule has 2 heterocycles. The Balaban J connectivity index is 1.66. The molecule has 2 fully saturated rings. The van der Waals surface area contributed by atoms with Crippen LogP contribution in [-0.2, 0) is 9.53 Å². The Bertz CT molecular complexity index is 620. The second-order valence-electron chi connectivity index (χ2n) is 6.65. The molecule has 0 amide bonds. The molecule has 0 aromatic rings. The molecule has 2 N–H and O–H groups in total. The average Bonchev–Trinajstić information content (AvgIpc) is 2.69. The van der Waals surface area contributed by atoms with Crippen molar-refractivity contribution < 1.29 is 9.53 Å². The van der Waals surface area contributed by atoms with Crippen molar-refractivity contribution in [3.8, 4) is 6.07 Å². The van der Waals surface area contributed by atoms with Crippen molar-refractivity contribution in [2.45, 2.75) is 32.1 Å². The maximum atomic E-state index is 12.4. The third-order valence-corrected chi connectivity index (χ3v) is 4.89. The van der Waals surface area contributed by atoms with E-state index in [-0.39, 0.29) is 5.57 Å². The van der Waals surface area contributed by atoms with E-state index in [1.807, 2.05) is 6.07 Å². The van der Waals surface area contributed by atoms with Crippen molar-refractivity contribution >= 4 is 12.3 Å². The van der Waals surface area contributed by atoms with Gasteiger partial charge in [0.15, 0.2) is 5.57 Å². The first-order chi connectivity index (χ1) is 12.3. The number of esters is 1. The summed E-state index contributed by atoms with van der Waals surface area (Å²) >= 11 is 0. The Morgan fingerprint density at radius 2 is 2.08 bits per heavy atom. The van der Waals surface area contributed by atoms with Crippen LogP contribution in [0.15, 0.2) is 28.2 Å². The fourth-order valence-electron chi connectivity index (χ4n) is 3.42. The number of ether oxygens (including phenoxy) is 1. The zero-order chi connectivity index (χ0) is 17.5. The highest BCUT2D eigenvalue weighted by Crippen LogP contribution is 2.24. The van der Waals surface area contributed by atoms with Gasteiger partial charge in [0.2, 0.25) is 0 Å². The van der Waals surface area contributed by atoms with Crippen LogP contribution in [0, 0.1) is 17.2 Å². The minimum atomic E-state index is -0.554. The Kier molecular flexibility index (Phi) is 6.07. The first kappa shape index (κ1) is 17.5. The van der Waals surface area contributed by atoms with Crippen LogP contribution in [0.25, 0.3) is 0 Å². The summed E-state index contributed by atoms with van der Waals surface area (Å²) in [6, 6.07) is 1.99. The monoisotopic (exact) mass is 343 g/mol. The predicted octanol–water partition coefficient (Wildman–Crippen LogP) is 1.27. The smallest absolute Gasteiger partial charge is 0.351 e. The van der Waals surface area contributed by atoms with Crippen LogP contribution in [0.4, 0.5) is 0 Å². The fraction of sp³-hybridized carbons (Fsp3) is 0.611. The van der Waals surface area contributed by atoms with E-state index in [1.54, 1.807) is 6.08 Å². The number of hydrogen-bond acceptors (Lipinski definition) is 7. The molecule has 0 radical (unpaired) electrons. The first-order valence-electron chi connectivity index (χ1n) is 9.06. The lowest BCUT2D eigenvalue weighted by Gasteiger charge is -2.30. The Labute approximate surface area is 148 Å². The molecule has 2 aliphatic heterocycles. The molecular formula is C18H25N5O2. The van der Waals surface area contributed by atoms with Gasteiger partial charge in [0.1, 0.15) is 11.9 Å². The number of allylic oxidation sites excluding steroid dienone is 1. The van der Waals surface area contributed by atoms with Gasteiger partial charge in [-0.15, -0.1) is 0 Å². The van der Waals surface area contributed by atoms with Crippen molar-refractivity contribution in [3.05, 3.63) is 23.2 Å². The van der Waals surface area contributed by atoms with E-state index in [2.05, 4.69) is 20.5 Å². The van der Waals surface area contributed by atoms with Crippen LogP contribution in [0.3, 0.4) is 0 Å². The number of nitriles is 1. The van der Waals surface area contributed by atoms with Crippen LogP contribution in [0.2, 0.25) is 0 Å². The highest BCUT2D eigenvalue weighted by molar-refractivity contribution is 5.95. The Hall–Kier alpha value is -2.33. The number of nitrogens with zero attached hydrogens (tertiary/aromatic N) is 3. The molecule has 0 spiro atoms. The van der Waals surface area contributed by atoms with Gasteiger partial charge in [-0.2, -0.15) is 5.26 Å². The van der Waals surface area contributed by atoms with Gasteiger partial charge in [-0.1, -0.05) is 19.3 Å². The van der Waals surface area contributed by atoms with Crippen molar-refractivity contribution in [2.24, 2.45) is 10.9 Å². The van der Waals surface area contributed by atoms with Gasteiger partial charge in [0, 0.05) is 32.3 Å². The number of hydrogen-bond donors (Lipinski definition) is 2. The van der Waals surface area contributed by atoms with E-state index in [9.17, 15) is 10.1 Å². The van der Waals surface area contributed by atoms with Gasteiger partial charge in [-0.05, 0) is 18.8 Å². The largest absolute Gasteiger partial charge is 0.461 e. The summed E-state index contributed by atoms with van der Waals surface area (Å²) in [5.41, 5.74) is 0.467. The van der Waals surface area contributed by atoms with Crippen molar-refractivity contribution in [2.75, 3.05) is 32.8 Å². The second-order valence-corrected chi connectivity index (χ2v) is 6.65. The van der Waals surface area contributed by atoms with E-state index >= 15 is 0 Å². The molecule has 1 aliphatic carbocycles. The van der Waals surface area contributed by atoms with E-state index in [4.69, 9.17) is 4.74 Å². The molecule has 0 aromatic heterocycles. The number of nitrogens with one attached hydrogen (secondary N) is 2. The van der Waals surface area contributed by atoms with Gasteiger partial charge < -0.3 is 20.3 Å². The van der Waals surface area contributed by atoms with Crippen LogP contribution in [0.5, 0.6) is 0 Å². The summed E-state index contributed by atoms with van der Waals surface area (Å²) in [7, 11) is 0. The summed E-state index contributed by atoms with van der Waals surface area (Å²) in [6.07, 6.45) is 9.14. The Morgan fingerprint density at radius 1 is 1.32 bits per heavy atom. The highest BCUT2D eigenvalue weighted by atomic mass is 16.5. The third kappa shape index (κ3) is 4.60. The zero-order valence-electron chi connectivity index (χ0n) is 14.5. The van der Waals surface area contributed by atoms with E-state index in [0.29, 0.717) is 18.2 Å². The normalized spacial score (nSPS) is 23.3. The molecule has 25 heavy (non-hydrogen) atoms. The van der Waals surface area contributed by atoms with Gasteiger partial charge in [-0.3, -0.25) is 0 Å². The molecule has 1 saturated heterocycles. The SMILES string of the molecule is N#C/C(C(=O)OCC1CCCCC1)=C1\C=C(N2CCNCC2)N=CN1. The molecule has 3 rings (SSSR count). The molecule has 0 bridgehead atoms. The summed E-state index contributed by atoms with van der Waals surface area (Å²) < 4.78 is 5.41. The predicted molar refractivity (Wildman–Crippen MR) is 94.3 cm³/mol. The maximum absolute atomic E-state index is 12.4. The van der Waals surface area contributed by atoms with Crippen molar-refractivity contribution in [1.29, 1.82) is 5.26 Å². The zero-order valence-corrected chi connectivity index (χ0v) is 14.5. The molecule has 0 atom stereocenters. The van der Waals surface area contributed by atoms with Crippen LogP contribution in [-0.4, -0.2) is 50.0 Å². The molecule has 3 aliphatic rings. The lowest BCUT2D eigenvalue weighted by Crippen LogP contribution is -2.43. The summed E-state index contributed by atoms with van der Waals surface area (Å²) in [4.78, 5) is 18.8. The average molecular weight is 343 g/mol. The number of rotatable bonds is 4. The number of carbonyl (C=O) groups excluding carboxylic acids is 1. The molecule has 0 aromatic carbocycles. The topological polar surface area (TPSA) is 89.8 Å². The summed E-state index contributed by atoms with van der Waals surface area (Å²) in [5.74, 6) is 0.639. The van der Waals surface area contributed by atoms with Gasteiger partial charge >= 0.3 is 5.97 Å². The van der Waals surface area contributed by atoms with E-state index in [1.165, 1.54) is 25.6 Å². The standard InChI is InChI=1S/C18H25N5O2/c19-11-15(18(24)25-12-14-4-2-1-3-5-14)16-10-17(22-13-21-16)23-8-6-20-7-9-23/h10,13-14,20H,1-9,12H2,(H,21,22)/b16-15-. The lowest BCUT2D eigenvalue weighted by molar-refractivity contribution is -0.140. The number of piperazine rings is 1. The van der Waals surface area contributed by atoms with Gasteiger partial charge in [0.25, 0.3) is 0 Å². The quantitative estimate of drug-likeness (QED) is 0.454. The summed E-state index contributed by atoms with van der Waals surface area (Å²) in [6.45, 7) is 3.90. The van der Waals surface area contributed by atoms with Crippen LogP contribution >= 0.6 is 0 Å². The minimum absolute atomic E-state index is 0.00888. The maximum Gasteiger partial charge on any atom is 0.351 e. The Morgan fingerprint density at radius 3 is 2.80 bits per heavy atom. The van der Waals surface area contributed by atoms with Gasteiger partial charge in [-0.25, -0.2) is 9.79 Å². The lowest BCUT2D eigenvalue weighted by atomic mass is 9.90. The highest BCUT2D eigenvalue weighted by Gasteiger charge is 2.22. The molecule has 7 heteroatoms. The number of aliphatic imine (C=N–C) groups is 1. The van der Waals surface area contributed by atoms with E-state index < -0.39 is 5.97 Å². The second kappa shape index (κ2) is 8.67. The fourth-order valence-corrected chi connectivity index (χ4v) is 3.42. The molecule has 134 valence electrons. The molecule has 1 saturated carbocycles. The van der Waals surface area contributed by atoms with Crippen molar-refractivity contribution in [3.63, 3.8) is 0 Å². The summed E-state index contributed by atoms with van der Waals surface area (Å²) in [5, 5.41) is 15.6. The minimum Gasteiger partial charge on any atom is -0.461 e.